The van der Waals surface area contributed by atoms with E-state index >= 15 is 0 Å². The van der Waals surface area contributed by atoms with E-state index in [4.69, 9.17) is 0 Å². The highest BCUT2D eigenvalue weighted by Crippen LogP contribution is 2.25. The second kappa shape index (κ2) is 7.05. The molecule has 2 aliphatic heterocycles. The lowest BCUT2D eigenvalue weighted by molar-refractivity contribution is -0.126. The van der Waals surface area contributed by atoms with Crippen LogP contribution < -0.4 is 5.01 Å². The molecule has 0 aromatic heterocycles. The van der Waals surface area contributed by atoms with E-state index in [1.165, 1.54) is 5.01 Å². The highest BCUT2D eigenvalue weighted by molar-refractivity contribution is 9.10. The van der Waals surface area contributed by atoms with E-state index in [9.17, 15) is 9.59 Å². The van der Waals surface area contributed by atoms with Crippen molar-refractivity contribution in [1.82, 2.24) is 4.90 Å². The molecular weight excluding hydrogens is 370 g/mol. The van der Waals surface area contributed by atoms with E-state index in [1.54, 1.807) is 0 Å². The number of carbonyl (C=O) groups is 2. The molecule has 2 unspecified atom stereocenters. The normalized spacial score (nSPS) is 24.8. The molecule has 6 heteroatoms. The Morgan fingerprint density at radius 3 is 2.38 bits per heavy atom. The molecule has 2 atom stereocenters. The molecule has 0 N–H and O–H groups in total. The summed E-state index contributed by atoms with van der Waals surface area (Å²) in [6.07, 6.45) is 1.89. The van der Waals surface area contributed by atoms with Crippen molar-refractivity contribution in [2.24, 2.45) is 16.9 Å². The van der Waals surface area contributed by atoms with Gasteiger partial charge in [-0.15, -0.1) is 0 Å². The Bertz CT molecular complexity index is 661. The number of anilines is 1. The van der Waals surface area contributed by atoms with Crippen LogP contribution in [0.15, 0.2) is 33.8 Å². The van der Waals surface area contributed by atoms with E-state index in [-0.39, 0.29) is 11.8 Å². The first-order valence-corrected chi connectivity index (χ1v) is 9.18. The summed E-state index contributed by atoms with van der Waals surface area (Å²) in [6.45, 7) is 5.90. The van der Waals surface area contributed by atoms with E-state index in [1.807, 2.05) is 29.2 Å². The molecule has 0 bridgehead atoms. The van der Waals surface area contributed by atoms with Crippen LogP contribution in [0.3, 0.4) is 0 Å². The molecule has 128 valence electrons. The number of hydrogen-bond acceptors (Lipinski definition) is 3. The van der Waals surface area contributed by atoms with E-state index < -0.39 is 0 Å². The van der Waals surface area contributed by atoms with E-state index in [0.29, 0.717) is 36.1 Å². The fourth-order valence-corrected chi connectivity index (χ4v) is 3.77. The second-order valence-electron chi connectivity index (χ2n) is 6.88. The van der Waals surface area contributed by atoms with Crippen LogP contribution in [0.2, 0.25) is 0 Å². The monoisotopic (exact) mass is 391 g/mol. The zero-order valence-electron chi connectivity index (χ0n) is 14.0. The van der Waals surface area contributed by atoms with E-state index in [0.717, 1.165) is 24.0 Å². The van der Waals surface area contributed by atoms with Crippen LogP contribution in [-0.2, 0) is 9.59 Å². The summed E-state index contributed by atoms with van der Waals surface area (Å²) in [6, 6.07) is 7.37. The van der Waals surface area contributed by atoms with Crippen molar-refractivity contribution in [2.45, 2.75) is 33.1 Å². The van der Waals surface area contributed by atoms with Gasteiger partial charge in [-0.3, -0.25) is 9.59 Å². The van der Waals surface area contributed by atoms with Gasteiger partial charge in [0.25, 0.3) is 5.91 Å². The molecule has 1 aromatic rings. The summed E-state index contributed by atoms with van der Waals surface area (Å²) in [4.78, 5) is 26.9. The SMILES string of the molecule is CC1CC(C)CN(C(=O)C2=NN(c3ccc(Br)cc3)C(=O)CC2)C1. The fraction of sp³-hybridized carbons (Fsp3) is 0.500. The Kier molecular flexibility index (Phi) is 5.04. The minimum Gasteiger partial charge on any atom is -0.337 e. The van der Waals surface area contributed by atoms with Crippen LogP contribution in [0, 0.1) is 11.8 Å². The lowest BCUT2D eigenvalue weighted by Gasteiger charge is -2.36. The zero-order chi connectivity index (χ0) is 17.3. The van der Waals surface area contributed by atoms with Crippen molar-refractivity contribution >= 4 is 39.1 Å². The number of nitrogens with zero attached hydrogens (tertiary/aromatic N) is 3. The minimum absolute atomic E-state index is 0.0250. The maximum absolute atomic E-state index is 12.8. The summed E-state index contributed by atoms with van der Waals surface area (Å²) >= 11 is 3.38. The number of halogens is 1. The van der Waals surface area contributed by atoms with Gasteiger partial charge in [-0.25, -0.2) is 5.01 Å². The van der Waals surface area contributed by atoms with Gasteiger partial charge in [-0.1, -0.05) is 29.8 Å². The summed E-state index contributed by atoms with van der Waals surface area (Å²) in [5, 5.41) is 5.74. The third-order valence-electron chi connectivity index (χ3n) is 4.51. The van der Waals surface area contributed by atoms with Crippen LogP contribution in [0.4, 0.5) is 5.69 Å². The number of benzene rings is 1. The number of carbonyl (C=O) groups excluding carboxylic acids is 2. The molecule has 0 saturated carbocycles. The van der Waals surface area contributed by atoms with Gasteiger partial charge < -0.3 is 4.90 Å². The van der Waals surface area contributed by atoms with Crippen LogP contribution >= 0.6 is 15.9 Å². The first-order valence-electron chi connectivity index (χ1n) is 8.39. The molecule has 1 fully saturated rings. The number of amides is 2. The van der Waals surface area contributed by atoms with Crippen molar-refractivity contribution in [1.29, 1.82) is 0 Å². The number of rotatable bonds is 2. The fourth-order valence-electron chi connectivity index (χ4n) is 3.50. The third kappa shape index (κ3) is 3.69. The molecular formula is C18H22BrN3O2. The van der Waals surface area contributed by atoms with Gasteiger partial charge in [0, 0.05) is 30.4 Å². The lowest BCUT2D eigenvalue weighted by Crippen LogP contribution is -2.47. The highest BCUT2D eigenvalue weighted by Gasteiger charge is 2.31. The van der Waals surface area contributed by atoms with Gasteiger partial charge >= 0.3 is 0 Å². The zero-order valence-corrected chi connectivity index (χ0v) is 15.6. The molecule has 1 aromatic carbocycles. The van der Waals surface area contributed by atoms with Crippen molar-refractivity contribution in [2.75, 3.05) is 18.1 Å². The van der Waals surface area contributed by atoms with Crippen molar-refractivity contribution in [3.05, 3.63) is 28.7 Å². The Hall–Kier alpha value is -1.69. The standard InChI is InChI=1S/C18H22BrN3O2/c1-12-9-13(2)11-21(10-12)18(24)16-7-8-17(23)22(20-16)15-5-3-14(19)4-6-15/h3-6,12-13H,7-11H2,1-2H3. The molecule has 1 saturated heterocycles. The number of hydrogen-bond donors (Lipinski definition) is 0. The first kappa shape index (κ1) is 17.1. The van der Waals surface area contributed by atoms with Gasteiger partial charge in [-0.05, 0) is 42.5 Å². The molecule has 0 aliphatic carbocycles. The van der Waals surface area contributed by atoms with Gasteiger partial charge in [0.15, 0.2) is 0 Å². The van der Waals surface area contributed by atoms with Crippen LogP contribution in [-0.4, -0.2) is 35.5 Å². The molecule has 2 amide bonds. The van der Waals surface area contributed by atoms with Gasteiger partial charge in [-0.2, -0.15) is 5.10 Å². The summed E-state index contributed by atoms with van der Waals surface area (Å²) < 4.78 is 0.937. The summed E-state index contributed by atoms with van der Waals surface area (Å²) in [5.74, 6) is 0.912. The largest absolute Gasteiger partial charge is 0.337 e. The van der Waals surface area contributed by atoms with Crippen molar-refractivity contribution in [3.8, 4) is 0 Å². The Morgan fingerprint density at radius 2 is 1.75 bits per heavy atom. The topological polar surface area (TPSA) is 53.0 Å². The summed E-state index contributed by atoms with van der Waals surface area (Å²) in [7, 11) is 0. The molecule has 5 nitrogen and oxygen atoms in total. The number of likely N-dealkylation sites (tertiary alicyclic amines) is 1. The smallest absolute Gasteiger partial charge is 0.270 e. The quantitative estimate of drug-likeness (QED) is 0.774. The Labute approximate surface area is 150 Å². The number of piperidine rings is 1. The average Bonchev–Trinajstić information content (AvgIpc) is 2.55. The highest BCUT2D eigenvalue weighted by atomic mass is 79.9. The molecule has 2 heterocycles. The van der Waals surface area contributed by atoms with Gasteiger partial charge in [0.1, 0.15) is 5.71 Å². The maximum atomic E-state index is 12.8. The Morgan fingerprint density at radius 1 is 1.12 bits per heavy atom. The van der Waals surface area contributed by atoms with Gasteiger partial charge in [0.05, 0.1) is 5.69 Å². The first-order chi connectivity index (χ1) is 11.4. The lowest BCUT2D eigenvalue weighted by atomic mass is 9.91. The molecule has 0 spiro atoms. The second-order valence-corrected chi connectivity index (χ2v) is 7.80. The van der Waals surface area contributed by atoms with E-state index in [2.05, 4.69) is 34.9 Å². The van der Waals surface area contributed by atoms with Crippen LogP contribution in [0.1, 0.15) is 33.1 Å². The maximum Gasteiger partial charge on any atom is 0.270 e. The third-order valence-corrected chi connectivity index (χ3v) is 5.04. The van der Waals surface area contributed by atoms with Crippen LogP contribution in [0.25, 0.3) is 0 Å². The average molecular weight is 392 g/mol. The van der Waals surface area contributed by atoms with Crippen molar-refractivity contribution < 1.29 is 9.59 Å². The molecule has 0 radical (unpaired) electrons. The molecule has 2 aliphatic rings. The molecule has 24 heavy (non-hydrogen) atoms. The van der Waals surface area contributed by atoms with Crippen LogP contribution in [0.5, 0.6) is 0 Å². The molecule has 3 rings (SSSR count). The van der Waals surface area contributed by atoms with Crippen molar-refractivity contribution in [3.63, 3.8) is 0 Å². The predicted octanol–water partition coefficient (Wildman–Crippen LogP) is 3.44. The minimum atomic E-state index is -0.0748. The predicted molar refractivity (Wildman–Crippen MR) is 97.8 cm³/mol. The Balaban J connectivity index is 1.82. The van der Waals surface area contributed by atoms with Gasteiger partial charge in [0.2, 0.25) is 5.91 Å². The number of hydrazone groups is 1. The summed E-state index contributed by atoms with van der Waals surface area (Å²) in [5.41, 5.74) is 1.17.